The van der Waals surface area contributed by atoms with E-state index < -0.39 is 38.5 Å². The van der Waals surface area contributed by atoms with Crippen LogP contribution in [0.5, 0.6) is 0 Å². The molecule has 0 aliphatic carbocycles. The maximum atomic E-state index is 14.9. The average Bonchev–Trinajstić information content (AvgIpc) is 3.01. The molecular formula is C20H14BrF2N3O4S. The third-order valence-electron chi connectivity index (χ3n) is 4.65. The second-order valence-corrected chi connectivity index (χ2v) is 9.14. The predicted octanol–water partition coefficient (Wildman–Crippen LogP) is 4.44. The van der Waals surface area contributed by atoms with Gasteiger partial charge in [-0.2, -0.15) is 4.39 Å². The van der Waals surface area contributed by atoms with Gasteiger partial charge in [0.15, 0.2) is 5.58 Å². The van der Waals surface area contributed by atoms with E-state index in [-0.39, 0.29) is 16.9 Å². The highest BCUT2D eigenvalue weighted by molar-refractivity contribution is 9.10. The Labute approximate surface area is 183 Å². The summed E-state index contributed by atoms with van der Waals surface area (Å²) in [6, 6.07) is 12.0. The number of nitrogens with zero attached hydrogens (tertiary/aromatic N) is 2. The number of hydrogen-bond acceptors (Lipinski definition) is 5. The SMILES string of the molecule is C[C@H](c1ccccc1Br)n1c(=O)oc2cc(S(=O)(=O)Nc3cccc(F)n3)c(F)cc21. The Morgan fingerprint density at radius 3 is 2.58 bits per heavy atom. The molecule has 0 amide bonds. The molecule has 4 aromatic rings. The number of aromatic nitrogens is 2. The first-order chi connectivity index (χ1) is 14.7. The van der Waals surface area contributed by atoms with Crippen LogP contribution in [0.15, 0.2) is 73.2 Å². The van der Waals surface area contributed by atoms with Gasteiger partial charge in [-0.1, -0.05) is 40.2 Å². The van der Waals surface area contributed by atoms with Crippen LogP contribution in [0.2, 0.25) is 0 Å². The van der Waals surface area contributed by atoms with Crippen molar-refractivity contribution < 1.29 is 21.6 Å². The number of pyridine rings is 1. The number of oxazole rings is 1. The lowest BCUT2D eigenvalue weighted by Crippen LogP contribution is -2.19. The minimum atomic E-state index is -4.47. The van der Waals surface area contributed by atoms with Crippen molar-refractivity contribution in [3.05, 3.63) is 86.9 Å². The summed E-state index contributed by atoms with van der Waals surface area (Å²) in [5.41, 5.74) is 0.731. The Hall–Kier alpha value is -3.05. The number of halogens is 3. The largest absolute Gasteiger partial charge is 0.420 e. The van der Waals surface area contributed by atoms with Gasteiger partial charge >= 0.3 is 5.76 Å². The van der Waals surface area contributed by atoms with Crippen molar-refractivity contribution in [2.75, 3.05) is 4.72 Å². The fourth-order valence-corrected chi connectivity index (χ4v) is 4.91. The molecule has 0 aliphatic rings. The van der Waals surface area contributed by atoms with Gasteiger partial charge in [0.1, 0.15) is 16.5 Å². The monoisotopic (exact) mass is 509 g/mol. The van der Waals surface area contributed by atoms with Gasteiger partial charge in [-0.15, -0.1) is 0 Å². The van der Waals surface area contributed by atoms with Crippen molar-refractivity contribution in [3.63, 3.8) is 0 Å². The number of sulfonamides is 1. The standard InChI is InChI=1S/C20H14BrF2N3O4S/c1-11(12-5-2-3-6-13(12)21)26-15-9-14(22)17(10-16(15)30-20(26)27)31(28,29)25-19-8-4-7-18(23)24-19/h2-11H,1H3,(H,24,25)/t11-/m1/s1. The van der Waals surface area contributed by atoms with Gasteiger partial charge in [-0.25, -0.2) is 22.6 Å². The molecule has 0 saturated carbocycles. The van der Waals surface area contributed by atoms with E-state index in [1.54, 1.807) is 25.1 Å². The fraction of sp³-hybridized carbons (Fsp3) is 0.100. The number of benzene rings is 2. The number of fused-ring (bicyclic) bond motifs is 1. The van der Waals surface area contributed by atoms with Gasteiger partial charge in [0.05, 0.1) is 11.6 Å². The summed E-state index contributed by atoms with van der Waals surface area (Å²) in [5.74, 6) is -3.10. The van der Waals surface area contributed by atoms with E-state index in [4.69, 9.17) is 4.42 Å². The van der Waals surface area contributed by atoms with Crippen LogP contribution >= 0.6 is 15.9 Å². The molecule has 160 valence electrons. The van der Waals surface area contributed by atoms with Crippen molar-refractivity contribution in [1.29, 1.82) is 0 Å². The van der Waals surface area contributed by atoms with E-state index in [1.807, 2.05) is 10.8 Å². The van der Waals surface area contributed by atoms with Crippen molar-refractivity contribution in [2.24, 2.45) is 0 Å². The Kier molecular flexibility index (Phi) is 5.40. The van der Waals surface area contributed by atoms with Crippen LogP contribution in [0.3, 0.4) is 0 Å². The topological polar surface area (TPSA) is 94.2 Å². The van der Waals surface area contributed by atoms with Crippen LogP contribution in [-0.2, 0) is 10.0 Å². The normalized spacial score (nSPS) is 12.8. The summed E-state index contributed by atoms with van der Waals surface area (Å²) in [4.78, 5) is 15.1. The van der Waals surface area contributed by atoms with Gasteiger partial charge in [0.25, 0.3) is 10.0 Å². The Morgan fingerprint density at radius 1 is 1.13 bits per heavy atom. The predicted molar refractivity (Wildman–Crippen MR) is 113 cm³/mol. The zero-order chi connectivity index (χ0) is 22.3. The summed E-state index contributed by atoms with van der Waals surface area (Å²) >= 11 is 3.42. The first kappa shape index (κ1) is 21.2. The molecular weight excluding hydrogens is 496 g/mol. The maximum Gasteiger partial charge on any atom is 0.420 e. The molecule has 1 N–H and O–H groups in total. The molecule has 0 spiro atoms. The molecule has 11 heteroatoms. The van der Waals surface area contributed by atoms with Crippen LogP contribution in [0.1, 0.15) is 18.5 Å². The molecule has 0 saturated heterocycles. The average molecular weight is 510 g/mol. The molecule has 2 aromatic carbocycles. The van der Waals surface area contributed by atoms with E-state index in [2.05, 4.69) is 20.9 Å². The third kappa shape index (κ3) is 3.98. The minimum absolute atomic E-state index is 0.0913. The first-order valence-corrected chi connectivity index (χ1v) is 11.2. The quantitative estimate of drug-likeness (QED) is 0.401. The highest BCUT2D eigenvalue weighted by Crippen LogP contribution is 2.30. The van der Waals surface area contributed by atoms with Crippen LogP contribution in [0, 0.1) is 11.8 Å². The number of rotatable bonds is 5. The molecule has 2 heterocycles. The summed E-state index contributed by atoms with van der Waals surface area (Å²) in [7, 11) is -4.47. The number of nitrogens with one attached hydrogen (secondary N) is 1. The van der Waals surface area contributed by atoms with E-state index in [9.17, 15) is 22.0 Å². The van der Waals surface area contributed by atoms with Gasteiger partial charge in [0, 0.05) is 16.6 Å². The molecule has 4 rings (SSSR count). The van der Waals surface area contributed by atoms with Gasteiger partial charge in [-0.05, 0) is 30.7 Å². The second-order valence-electron chi connectivity index (χ2n) is 6.64. The van der Waals surface area contributed by atoms with E-state index in [0.29, 0.717) is 0 Å². The zero-order valence-corrected chi connectivity index (χ0v) is 18.2. The summed E-state index contributed by atoms with van der Waals surface area (Å²) in [6.07, 6.45) is 0. The lowest BCUT2D eigenvalue weighted by molar-refractivity contribution is 0.489. The fourth-order valence-electron chi connectivity index (χ4n) is 3.22. The molecule has 2 aromatic heterocycles. The molecule has 31 heavy (non-hydrogen) atoms. The Balaban J connectivity index is 1.80. The first-order valence-electron chi connectivity index (χ1n) is 8.92. The lowest BCUT2D eigenvalue weighted by atomic mass is 10.1. The molecule has 0 bridgehead atoms. The number of anilines is 1. The van der Waals surface area contributed by atoms with Gasteiger partial charge < -0.3 is 4.42 Å². The third-order valence-corrected chi connectivity index (χ3v) is 6.75. The molecule has 0 aliphatic heterocycles. The summed E-state index contributed by atoms with van der Waals surface area (Å²) < 4.78 is 62.5. The van der Waals surface area contributed by atoms with Crippen molar-refractivity contribution >= 4 is 42.9 Å². The summed E-state index contributed by atoms with van der Waals surface area (Å²) in [6.45, 7) is 1.73. The highest BCUT2D eigenvalue weighted by Gasteiger charge is 2.25. The molecule has 1 atom stereocenters. The molecule has 0 fully saturated rings. The Bertz CT molecular complexity index is 1470. The lowest BCUT2D eigenvalue weighted by Gasteiger charge is -2.15. The highest BCUT2D eigenvalue weighted by atomic mass is 79.9. The van der Waals surface area contributed by atoms with E-state index >= 15 is 0 Å². The number of hydrogen-bond donors (Lipinski definition) is 1. The van der Waals surface area contributed by atoms with E-state index in [0.717, 1.165) is 28.2 Å². The van der Waals surface area contributed by atoms with Gasteiger partial charge in [0.2, 0.25) is 5.95 Å². The molecule has 7 nitrogen and oxygen atoms in total. The van der Waals surface area contributed by atoms with Crippen molar-refractivity contribution in [2.45, 2.75) is 17.9 Å². The van der Waals surface area contributed by atoms with Crippen LogP contribution in [-0.4, -0.2) is 18.0 Å². The van der Waals surface area contributed by atoms with Crippen LogP contribution < -0.4 is 10.5 Å². The van der Waals surface area contributed by atoms with Gasteiger partial charge in [-0.3, -0.25) is 9.29 Å². The summed E-state index contributed by atoms with van der Waals surface area (Å²) in [5, 5.41) is 0. The smallest absolute Gasteiger partial charge is 0.408 e. The second kappa shape index (κ2) is 7.89. The van der Waals surface area contributed by atoms with Crippen LogP contribution in [0.25, 0.3) is 11.1 Å². The van der Waals surface area contributed by atoms with Crippen molar-refractivity contribution in [1.82, 2.24) is 9.55 Å². The molecule has 0 unspecified atom stereocenters. The Morgan fingerprint density at radius 2 is 1.87 bits per heavy atom. The van der Waals surface area contributed by atoms with Crippen molar-refractivity contribution in [3.8, 4) is 0 Å². The zero-order valence-electron chi connectivity index (χ0n) is 15.8. The molecule has 0 radical (unpaired) electrons. The van der Waals surface area contributed by atoms with Crippen LogP contribution in [0.4, 0.5) is 14.6 Å². The van der Waals surface area contributed by atoms with E-state index in [1.165, 1.54) is 16.7 Å². The minimum Gasteiger partial charge on any atom is -0.408 e. The maximum absolute atomic E-state index is 14.9.